The molecule has 1 N–H and O–H groups in total. The summed E-state index contributed by atoms with van der Waals surface area (Å²) in [6.45, 7) is 4.11. The molecule has 0 unspecified atom stereocenters. The Hall–Kier alpha value is -0.510. The number of benzene rings is 1. The molecule has 0 radical (unpaired) electrons. The van der Waals surface area contributed by atoms with Crippen molar-refractivity contribution in [1.29, 1.82) is 0 Å². The third-order valence-electron chi connectivity index (χ3n) is 1.64. The molecule has 0 aromatic heterocycles. The van der Waals surface area contributed by atoms with E-state index in [4.69, 9.17) is 23.8 Å². The van der Waals surface area contributed by atoms with E-state index >= 15 is 0 Å². The lowest BCUT2D eigenvalue weighted by molar-refractivity contribution is 1.07. The van der Waals surface area contributed by atoms with Crippen molar-refractivity contribution in [2.45, 2.75) is 5.75 Å². The Labute approximate surface area is 105 Å². The second kappa shape index (κ2) is 6.88. The average Bonchev–Trinajstić information content (AvgIpc) is 2.25. The van der Waals surface area contributed by atoms with Crippen molar-refractivity contribution < 1.29 is 0 Å². The molecule has 1 aromatic rings. The Morgan fingerprint density at radius 2 is 2.07 bits per heavy atom. The summed E-state index contributed by atoms with van der Waals surface area (Å²) in [5, 5.41) is 3.58. The normalized spacial score (nSPS) is 9.67. The maximum atomic E-state index is 5.61. The van der Waals surface area contributed by atoms with Crippen LogP contribution in [0.1, 0.15) is 5.56 Å². The van der Waals surface area contributed by atoms with Crippen molar-refractivity contribution in [3.8, 4) is 0 Å². The molecule has 1 nitrogen and oxygen atoms in total. The first kappa shape index (κ1) is 12.6. The highest BCUT2D eigenvalue weighted by atomic mass is 35.5. The number of hydrogen-bond donors (Lipinski definition) is 1. The van der Waals surface area contributed by atoms with E-state index in [-0.39, 0.29) is 0 Å². The minimum Gasteiger partial charge on any atom is -0.366 e. The zero-order valence-corrected chi connectivity index (χ0v) is 10.6. The predicted molar refractivity (Wildman–Crippen MR) is 73.3 cm³/mol. The van der Waals surface area contributed by atoms with Crippen LogP contribution >= 0.6 is 35.6 Å². The van der Waals surface area contributed by atoms with Gasteiger partial charge in [-0.15, -0.1) is 0 Å². The molecule has 0 bridgehead atoms. The topological polar surface area (TPSA) is 12.0 Å². The predicted octanol–water partition coefficient (Wildman–Crippen LogP) is 3.55. The molecule has 1 rings (SSSR count). The number of nitrogens with one attached hydrogen (secondary N) is 1. The molecular formula is C11H12ClNS2. The molecule has 0 saturated heterocycles. The molecule has 0 spiro atoms. The SMILES string of the molecule is C=C(Cl)CNC(=S)SCc1ccccc1. The Balaban J connectivity index is 2.26. The van der Waals surface area contributed by atoms with Crippen molar-refractivity contribution >= 4 is 39.9 Å². The van der Waals surface area contributed by atoms with Crippen molar-refractivity contribution in [3.63, 3.8) is 0 Å². The second-order valence-electron chi connectivity index (χ2n) is 2.93. The summed E-state index contributed by atoms with van der Waals surface area (Å²) in [5.74, 6) is 0.876. The van der Waals surface area contributed by atoms with Crippen LogP contribution in [0.4, 0.5) is 0 Å². The molecule has 0 saturated carbocycles. The van der Waals surface area contributed by atoms with E-state index in [1.54, 1.807) is 11.8 Å². The van der Waals surface area contributed by atoms with Crippen molar-refractivity contribution in [2.75, 3.05) is 6.54 Å². The first-order chi connectivity index (χ1) is 7.18. The molecule has 4 heteroatoms. The van der Waals surface area contributed by atoms with Gasteiger partial charge in [-0.3, -0.25) is 0 Å². The van der Waals surface area contributed by atoms with Gasteiger partial charge in [0.25, 0.3) is 0 Å². The summed E-state index contributed by atoms with van der Waals surface area (Å²) in [6, 6.07) is 10.2. The molecule has 0 atom stereocenters. The molecule has 15 heavy (non-hydrogen) atoms. The van der Waals surface area contributed by atoms with Crippen LogP contribution in [0.15, 0.2) is 41.9 Å². The molecule has 0 aliphatic carbocycles. The standard InChI is InChI=1S/C11H12ClNS2/c1-9(12)7-13-11(14)15-8-10-5-3-2-4-6-10/h2-6H,1,7-8H2,(H,13,14). The van der Waals surface area contributed by atoms with Gasteiger partial charge in [0.15, 0.2) is 0 Å². The van der Waals surface area contributed by atoms with E-state index < -0.39 is 0 Å². The average molecular weight is 258 g/mol. The quantitative estimate of drug-likeness (QED) is 0.829. The Morgan fingerprint density at radius 1 is 1.40 bits per heavy atom. The van der Waals surface area contributed by atoms with Gasteiger partial charge in [-0.1, -0.05) is 72.5 Å². The third-order valence-corrected chi connectivity index (χ3v) is 3.15. The highest BCUT2D eigenvalue weighted by Crippen LogP contribution is 2.12. The Kier molecular flexibility index (Phi) is 5.76. The maximum Gasteiger partial charge on any atom is 0.134 e. The minimum absolute atomic E-state index is 0.530. The van der Waals surface area contributed by atoms with Crippen LogP contribution in [0.2, 0.25) is 0 Å². The molecule has 1 aromatic carbocycles. The number of hydrogen-bond acceptors (Lipinski definition) is 2. The summed E-state index contributed by atoms with van der Waals surface area (Å²) in [7, 11) is 0. The van der Waals surface area contributed by atoms with Crippen molar-refractivity contribution in [3.05, 3.63) is 47.5 Å². The maximum absolute atomic E-state index is 5.61. The lowest BCUT2D eigenvalue weighted by Gasteiger charge is -2.05. The number of halogens is 1. The van der Waals surface area contributed by atoms with Crippen LogP contribution in [0.5, 0.6) is 0 Å². The highest BCUT2D eigenvalue weighted by molar-refractivity contribution is 8.22. The van der Waals surface area contributed by atoms with E-state index in [0.717, 1.165) is 10.1 Å². The van der Waals surface area contributed by atoms with Crippen LogP contribution in [0.3, 0.4) is 0 Å². The van der Waals surface area contributed by atoms with Gasteiger partial charge in [0.1, 0.15) is 4.32 Å². The van der Waals surface area contributed by atoms with Gasteiger partial charge in [-0.2, -0.15) is 0 Å². The van der Waals surface area contributed by atoms with Gasteiger partial charge in [0.2, 0.25) is 0 Å². The summed E-state index contributed by atoms with van der Waals surface area (Å²) in [4.78, 5) is 0. The van der Waals surface area contributed by atoms with E-state index in [1.807, 2.05) is 18.2 Å². The zero-order valence-electron chi connectivity index (χ0n) is 8.20. The summed E-state index contributed by atoms with van der Waals surface area (Å²) < 4.78 is 0.751. The van der Waals surface area contributed by atoms with Crippen LogP contribution in [0.25, 0.3) is 0 Å². The number of thioether (sulfide) groups is 1. The summed E-state index contributed by atoms with van der Waals surface area (Å²) >= 11 is 12.3. The van der Waals surface area contributed by atoms with E-state index in [0.29, 0.717) is 11.6 Å². The smallest absolute Gasteiger partial charge is 0.134 e. The molecule has 0 heterocycles. The summed E-state index contributed by atoms with van der Waals surface area (Å²) in [5.41, 5.74) is 1.26. The van der Waals surface area contributed by atoms with Crippen molar-refractivity contribution in [2.24, 2.45) is 0 Å². The fourth-order valence-electron chi connectivity index (χ4n) is 0.942. The van der Waals surface area contributed by atoms with Gasteiger partial charge in [0.05, 0.1) is 6.54 Å². The van der Waals surface area contributed by atoms with Crippen molar-refractivity contribution in [1.82, 2.24) is 5.32 Å². The first-order valence-corrected chi connectivity index (χ1v) is 6.23. The fraction of sp³-hybridized carbons (Fsp3) is 0.182. The molecular weight excluding hydrogens is 246 g/mol. The van der Waals surface area contributed by atoms with Crippen LogP contribution in [-0.4, -0.2) is 10.9 Å². The third kappa shape index (κ3) is 5.82. The van der Waals surface area contributed by atoms with Crippen LogP contribution < -0.4 is 5.32 Å². The Morgan fingerprint density at radius 3 is 2.67 bits per heavy atom. The highest BCUT2D eigenvalue weighted by Gasteiger charge is 1.98. The van der Waals surface area contributed by atoms with E-state index in [1.165, 1.54) is 5.56 Å². The molecule has 80 valence electrons. The largest absolute Gasteiger partial charge is 0.366 e. The lowest BCUT2D eigenvalue weighted by Crippen LogP contribution is -2.19. The van der Waals surface area contributed by atoms with Crippen LogP contribution in [0, 0.1) is 0 Å². The van der Waals surface area contributed by atoms with E-state index in [9.17, 15) is 0 Å². The molecule has 0 fully saturated rings. The van der Waals surface area contributed by atoms with Gasteiger partial charge >= 0.3 is 0 Å². The first-order valence-electron chi connectivity index (χ1n) is 4.46. The van der Waals surface area contributed by atoms with Gasteiger partial charge in [-0.05, 0) is 5.56 Å². The molecule has 0 aliphatic rings. The Bertz CT molecular complexity index is 338. The molecule has 0 amide bonds. The van der Waals surface area contributed by atoms with E-state index in [2.05, 4.69) is 24.0 Å². The number of thiocarbonyl (C=S) groups is 1. The monoisotopic (exact) mass is 257 g/mol. The van der Waals surface area contributed by atoms with Gasteiger partial charge in [0, 0.05) is 10.8 Å². The molecule has 0 aliphatic heterocycles. The lowest BCUT2D eigenvalue weighted by atomic mass is 10.2. The number of rotatable bonds is 4. The zero-order chi connectivity index (χ0) is 11.1. The van der Waals surface area contributed by atoms with Gasteiger partial charge in [-0.25, -0.2) is 0 Å². The second-order valence-corrected chi connectivity index (χ2v) is 5.12. The fourth-order valence-corrected chi connectivity index (χ4v) is 1.92. The van der Waals surface area contributed by atoms with Gasteiger partial charge < -0.3 is 5.32 Å². The summed E-state index contributed by atoms with van der Waals surface area (Å²) in [6.07, 6.45) is 0. The van der Waals surface area contributed by atoms with Crippen LogP contribution in [-0.2, 0) is 5.75 Å². The minimum atomic E-state index is 0.530.